The van der Waals surface area contributed by atoms with Crippen LogP contribution in [-0.4, -0.2) is 27.4 Å². The molecular weight excluding hydrogens is 310 g/mol. The van der Waals surface area contributed by atoms with Gasteiger partial charge in [-0.2, -0.15) is 5.10 Å². The molecule has 0 bridgehead atoms. The van der Waals surface area contributed by atoms with Gasteiger partial charge in [-0.25, -0.2) is 4.79 Å². The van der Waals surface area contributed by atoms with Gasteiger partial charge in [-0.3, -0.25) is 4.68 Å². The highest BCUT2D eigenvalue weighted by molar-refractivity contribution is 9.10. The normalized spacial score (nSPS) is 10.4. The van der Waals surface area contributed by atoms with Gasteiger partial charge in [0.1, 0.15) is 0 Å². The summed E-state index contributed by atoms with van der Waals surface area (Å²) in [7, 11) is 0. The molecule has 2 rings (SSSR count). The van der Waals surface area contributed by atoms with E-state index in [9.17, 15) is 4.79 Å². The molecule has 2 N–H and O–H groups in total. The second-order valence-electron chi connectivity index (χ2n) is 4.02. The van der Waals surface area contributed by atoms with Crippen LogP contribution in [0.15, 0.2) is 41.1 Å². The van der Waals surface area contributed by atoms with Crippen molar-refractivity contribution in [1.29, 1.82) is 0 Å². The van der Waals surface area contributed by atoms with E-state index >= 15 is 0 Å². The average molecular weight is 324 g/mol. The second-order valence-corrected chi connectivity index (χ2v) is 4.87. The van der Waals surface area contributed by atoms with Crippen molar-refractivity contribution < 1.29 is 9.90 Å². The van der Waals surface area contributed by atoms with Crippen molar-refractivity contribution in [1.82, 2.24) is 9.78 Å². The van der Waals surface area contributed by atoms with Gasteiger partial charge in [0.25, 0.3) is 0 Å². The molecular formula is C13H14BrN3O2. The summed E-state index contributed by atoms with van der Waals surface area (Å²) in [5, 5.41) is 16.4. The van der Waals surface area contributed by atoms with Crippen LogP contribution in [0.1, 0.15) is 16.8 Å². The molecule has 0 aliphatic heterocycles. The second kappa shape index (κ2) is 6.38. The molecule has 6 heteroatoms. The number of hydrogen-bond donors (Lipinski definition) is 2. The number of carboxylic acids is 1. The van der Waals surface area contributed by atoms with Gasteiger partial charge in [0.05, 0.1) is 5.56 Å². The van der Waals surface area contributed by atoms with E-state index < -0.39 is 5.97 Å². The van der Waals surface area contributed by atoms with Gasteiger partial charge in [-0.1, -0.05) is 6.07 Å². The average Bonchev–Trinajstić information content (AvgIpc) is 2.87. The Morgan fingerprint density at radius 3 is 2.95 bits per heavy atom. The molecule has 0 atom stereocenters. The Kier molecular flexibility index (Phi) is 4.57. The van der Waals surface area contributed by atoms with Crippen molar-refractivity contribution in [2.24, 2.45) is 0 Å². The van der Waals surface area contributed by atoms with E-state index in [-0.39, 0.29) is 5.56 Å². The standard InChI is InChI=1S/C13H14BrN3O2/c14-10-4-1-5-11(12(10)13(18)19)15-6-2-8-17-9-3-7-16-17/h1,3-5,7,9,15H,2,6,8H2,(H,18,19). The number of hydrogen-bond acceptors (Lipinski definition) is 3. The highest BCUT2D eigenvalue weighted by atomic mass is 79.9. The van der Waals surface area contributed by atoms with E-state index in [4.69, 9.17) is 5.11 Å². The largest absolute Gasteiger partial charge is 0.478 e. The third kappa shape index (κ3) is 3.57. The number of benzene rings is 1. The van der Waals surface area contributed by atoms with E-state index in [1.165, 1.54) is 0 Å². The molecule has 0 fully saturated rings. The first-order valence-electron chi connectivity index (χ1n) is 5.91. The predicted molar refractivity (Wildman–Crippen MR) is 76.4 cm³/mol. The molecule has 5 nitrogen and oxygen atoms in total. The Morgan fingerprint density at radius 1 is 1.42 bits per heavy atom. The first kappa shape index (κ1) is 13.6. The van der Waals surface area contributed by atoms with Crippen molar-refractivity contribution in [3.8, 4) is 0 Å². The zero-order valence-electron chi connectivity index (χ0n) is 10.2. The minimum absolute atomic E-state index is 0.265. The molecule has 0 saturated carbocycles. The Labute approximate surface area is 119 Å². The molecule has 2 aromatic rings. The number of carbonyl (C=O) groups is 1. The molecule has 0 spiro atoms. The van der Waals surface area contributed by atoms with E-state index in [2.05, 4.69) is 26.3 Å². The molecule has 0 unspecified atom stereocenters. The number of carboxylic acid groups (broad SMARTS) is 1. The molecule has 0 saturated heterocycles. The molecule has 1 aromatic carbocycles. The van der Waals surface area contributed by atoms with E-state index in [0.29, 0.717) is 16.7 Å². The van der Waals surface area contributed by atoms with Gasteiger partial charge < -0.3 is 10.4 Å². The lowest BCUT2D eigenvalue weighted by Crippen LogP contribution is -2.10. The van der Waals surface area contributed by atoms with Gasteiger partial charge in [0.2, 0.25) is 0 Å². The molecule has 0 amide bonds. The number of nitrogens with one attached hydrogen (secondary N) is 1. The van der Waals surface area contributed by atoms with Crippen LogP contribution in [0, 0.1) is 0 Å². The van der Waals surface area contributed by atoms with E-state index in [0.717, 1.165) is 13.0 Å². The Balaban J connectivity index is 1.92. The lowest BCUT2D eigenvalue weighted by atomic mass is 10.2. The number of halogens is 1. The molecule has 1 heterocycles. The van der Waals surface area contributed by atoms with Crippen LogP contribution in [0.3, 0.4) is 0 Å². The number of anilines is 1. The maximum atomic E-state index is 11.2. The minimum Gasteiger partial charge on any atom is -0.478 e. The summed E-state index contributed by atoms with van der Waals surface area (Å²) >= 11 is 3.25. The van der Waals surface area contributed by atoms with Crippen LogP contribution in [0.5, 0.6) is 0 Å². The number of rotatable bonds is 6. The van der Waals surface area contributed by atoms with Crippen LogP contribution >= 0.6 is 15.9 Å². The summed E-state index contributed by atoms with van der Waals surface area (Å²) in [4.78, 5) is 11.2. The number of aryl methyl sites for hydroxylation is 1. The maximum absolute atomic E-state index is 11.2. The SMILES string of the molecule is O=C(O)c1c(Br)cccc1NCCCn1cccn1. The number of aromatic carboxylic acids is 1. The van der Waals surface area contributed by atoms with Gasteiger partial charge >= 0.3 is 5.97 Å². The first-order valence-corrected chi connectivity index (χ1v) is 6.71. The van der Waals surface area contributed by atoms with Gasteiger partial charge in [0, 0.05) is 35.6 Å². The van der Waals surface area contributed by atoms with Crippen molar-refractivity contribution in [3.05, 3.63) is 46.7 Å². The zero-order valence-corrected chi connectivity index (χ0v) is 11.8. The quantitative estimate of drug-likeness (QED) is 0.802. The molecule has 0 radical (unpaired) electrons. The summed E-state index contributed by atoms with van der Waals surface area (Å²) in [6, 6.07) is 7.18. The highest BCUT2D eigenvalue weighted by Crippen LogP contribution is 2.24. The van der Waals surface area contributed by atoms with Gasteiger partial charge in [0.15, 0.2) is 0 Å². The first-order chi connectivity index (χ1) is 9.18. The van der Waals surface area contributed by atoms with Crippen molar-refractivity contribution in [2.45, 2.75) is 13.0 Å². The van der Waals surface area contributed by atoms with Crippen LogP contribution in [-0.2, 0) is 6.54 Å². The Bertz CT molecular complexity index is 555. The molecule has 100 valence electrons. The Morgan fingerprint density at radius 2 is 2.26 bits per heavy atom. The molecule has 1 aromatic heterocycles. The van der Waals surface area contributed by atoms with Crippen molar-refractivity contribution >= 4 is 27.6 Å². The summed E-state index contributed by atoms with van der Waals surface area (Å²) in [6.45, 7) is 1.49. The van der Waals surface area contributed by atoms with Crippen molar-refractivity contribution in [3.63, 3.8) is 0 Å². The lowest BCUT2D eigenvalue weighted by molar-refractivity contribution is 0.0697. The zero-order chi connectivity index (χ0) is 13.7. The topological polar surface area (TPSA) is 67.2 Å². The minimum atomic E-state index is -0.943. The Hall–Kier alpha value is -1.82. The van der Waals surface area contributed by atoms with E-state index in [1.54, 1.807) is 18.3 Å². The van der Waals surface area contributed by atoms with Crippen LogP contribution in [0.2, 0.25) is 0 Å². The summed E-state index contributed by atoms with van der Waals surface area (Å²) < 4.78 is 2.43. The monoisotopic (exact) mass is 323 g/mol. The summed E-state index contributed by atoms with van der Waals surface area (Å²) in [6.07, 6.45) is 4.51. The maximum Gasteiger partial charge on any atom is 0.338 e. The summed E-state index contributed by atoms with van der Waals surface area (Å²) in [5.74, 6) is -0.943. The van der Waals surface area contributed by atoms with Gasteiger partial charge in [-0.05, 0) is 40.5 Å². The molecule has 0 aliphatic carbocycles. The third-order valence-electron chi connectivity index (χ3n) is 2.67. The summed E-state index contributed by atoms with van der Waals surface area (Å²) in [5.41, 5.74) is 0.893. The third-order valence-corrected chi connectivity index (χ3v) is 3.33. The molecule has 19 heavy (non-hydrogen) atoms. The van der Waals surface area contributed by atoms with Crippen molar-refractivity contribution in [2.75, 3.05) is 11.9 Å². The predicted octanol–water partition coefficient (Wildman–Crippen LogP) is 2.85. The van der Waals surface area contributed by atoms with E-state index in [1.807, 2.05) is 23.0 Å². The van der Waals surface area contributed by atoms with Crippen LogP contribution in [0.4, 0.5) is 5.69 Å². The fourth-order valence-corrected chi connectivity index (χ4v) is 2.32. The smallest absolute Gasteiger partial charge is 0.338 e. The fraction of sp³-hybridized carbons (Fsp3) is 0.231. The number of aromatic nitrogens is 2. The fourth-order valence-electron chi connectivity index (χ4n) is 1.79. The lowest BCUT2D eigenvalue weighted by Gasteiger charge is -2.10. The molecule has 0 aliphatic rings. The van der Waals surface area contributed by atoms with Crippen LogP contribution in [0.25, 0.3) is 0 Å². The van der Waals surface area contributed by atoms with Gasteiger partial charge in [-0.15, -0.1) is 0 Å². The van der Waals surface area contributed by atoms with Crippen LogP contribution < -0.4 is 5.32 Å². The highest BCUT2D eigenvalue weighted by Gasteiger charge is 2.13. The number of nitrogens with zero attached hydrogens (tertiary/aromatic N) is 2.